The number of esters is 2. The Labute approximate surface area is 244 Å². The van der Waals surface area contributed by atoms with Crippen LogP contribution in [0.25, 0.3) is 0 Å². The molecule has 0 aromatic carbocycles. The minimum Gasteiger partial charge on any atom is -0.465 e. The van der Waals surface area contributed by atoms with Gasteiger partial charge in [-0.2, -0.15) is 0 Å². The number of carbonyl (C=O) groups excluding carboxylic acids is 4. The van der Waals surface area contributed by atoms with Gasteiger partial charge in [0, 0.05) is 23.8 Å². The lowest BCUT2D eigenvalue weighted by Gasteiger charge is -2.28. The quantitative estimate of drug-likeness (QED) is 0.134. The first-order valence-corrected chi connectivity index (χ1v) is 15.4. The van der Waals surface area contributed by atoms with Crippen LogP contribution >= 0.6 is 0 Å². The molecule has 0 heterocycles. The standard InChI is InChI=1S/C32H60N2O6/c1-23(2)21-25(33-28(36)18-14-13-17-27(35)31(5,6)7)29(37)39-19-15-11-12-16-20-40-30(38)26(22-24(3)4)34-32(8,9)10/h23-26,34H,11-22H2,1-10H3,(H,33,36). The zero-order valence-electron chi connectivity index (χ0n) is 27.2. The molecule has 2 N–H and O–H groups in total. The first-order valence-electron chi connectivity index (χ1n) is 15.4. The Bertz CT molecular complexity index is 764. The Hall–Kier alpha value is -1.96. The summed E-state index contributed by atoms with van der Waals surface area (Å²) in [5.74, 6) is 0.0192. The van der Waals surface area contributed by atoms with Gasteiger partial charge in [-0.05, 0) is 84.0 Å². The van der Waals surface area contributed by atoms with Crippen molar-refractivity contribution >= 4 is 23.6 Å². The van der Waals surface area contributed by atoms with Crippen molar-refractivity contribution in [2.24, 2.45) is 17.3 Å². The van der Waals surface area contributed by atoms with Gasteiger partial charge in [-0.25, -0.2) is 4.79 Å². The van der Waals surface area contributed by atoms with Crippen molar-refractivity contribution in [3.63, 3.8) is 0 Å². The summed E-state index contributed by atoms with van der Waals surface area (Å²) in [4.78, 5) is 49.6. The van der Waals surface area contributed by atoms with Crippen LogP contribution in [-0.2, 0) is 28.7 Å². The molecule has 2 unspecified atom stereocenters. The first-order chi connectivity index (χ1) is 18.4. The van der Waals surface area contributed by atoms with Crippen LogP contribution in [0.5, 0.6) is 0 Å². The smallest absolute Gasteiger partial charge is 0.328 e. The second kappa shape index (κ2) is 19.2. The summed E-state index contributed by atoms with van der Waals surface area (Å²) in [5, 5.41) is 6.19. The third kappa shape index (κ3) is 20.0. The van der Waals surface area contributed by atoms with Gasteiger partial charge in [0.1, 0.15) is 17.9 Å². The van der Waals surface area contributed by atoms with Crippen molar-refractivity contribution in [3.05, 3.63) is 0 Å². The fourth-order valence-corrected chi connectivity index (χ4v) is 4.21. The van der Waals surface area contributed by atoms with Crippen molar-refractivity contribution in [2.45, 2.75) is 151 Å². The summed E-state index contributed by atoms with van der Waals surface area (Å²) >= 11 is 0. The van der Waals surface area contributed by atoms with E-state index in [9.17, 15) is 19.2 Å². The van der Waals surface area contributed by atoms with E-state index in [2.05, 4.69) is 24.5 Å². The van der Waals surface area contributed by atoms with Crippen LogP contribution < -0.4 is 10.6 Å². The topological polar surface area (TPSA) is 111 Å². The van der Waals surface area contributed by atoms with E-state index in [4.69, 9.17) is 9.47 Å². The summed E-state index contributed by atoms with van der Waals surface area (Å²) in [6.45, 7) is 20.7. The highest BCUT2D eigenvalue weighted by Gasteiger charge is 2.26. The molecule has 2 atom stereocenters. The van der Waals surface area contributed by atoms with E-state index in [0.29, 0.717) is 51.2 Å². The van der Waals surface area contributed by atoms with Crippen LogP contribution in [0.15, 0.2) is 0 Å². The average Bonchev–Trinajstić information content (AvgIpc) is 2.80. The van der Waals surface area contributed by atoms with Crippen molar-refractivity contribution in [2.75, 3.05) is 13.2 Å². The molecule has 234 valence electrons. The number of hydrogen-bond acceptors (Lipinski definition) is 7. The molecule has 1 amide bonds. The van der Waals surface area contributed by atoms with Crippen LogP contribution in [0.4, 0.5) is 0 Å². The van der Waals surface area contributed by atoms with E-state index in [-0.39, 0.29) is 47.0 Å². The van der Waals surface area contributed by atoms with Crippen molar-refractivity contribution in [1.29, 1.82) is 0 Å². The molecule has 0 aromatic heterocycles. The molecule has 0 aliphatic rings. The monoisotopic (exact) mass is 568 g/mol. The first kappa shape index (κ1) is 38.0. The SMILES string of the molecule is CC(C)CC(NC(=O)CCCCC(=O)C(C)(C)C)C(=O)OCCCCCCOC(=O)C(CC(C)C)NC(C)(C)C. The fourth-order valence-electron chi connectivity index (χ4n) is 4.21. The van der Waals surface area contributed by atoms with Gasteiger partial charge in [-0.3, -0.25) is 19.7 Å². The molecule has 8 heteroatoms. The highest BCUT2D eigenvalue weighted by atomic mass is 16.5. The summed E-state index contributed by atoms with van der Waals surface area (Å²) in [7, 11) is 0. The highest BCUT2D eigenvalue weighted by Crippen LogP contribution is 2.19. The Morgan fingerprint density at radius 2 is 1.07 bits per heavy atom. The largest absolute Gasteiger partial charge is 0.465 e. The minimum absolute atomic E-state index is 0.166. The predicted octanol–water partition coefficient (Wildman–Crippen LogP) is 6.14. The van der Waals surface area contributed by atoms with Gasteiger partial charge in [-0.15, -0.1) is 0 Å². The number of rotatable bonds is 20. The molecule has 0 aliphatic carbocycles. The molecule has 0 fully saturated rings. The number of ketones is 1. The summed E-state index contributed by atoms with van der Waals surface area (Å²) < 4.78 is 11.0. The van der Waals surface area contributed by atoms with Crippen LogP contribution in [0, 0.1) is 17.3 Å². The molecule has 8 nitrogen and oxygen atoms in total. The molecule has 0 aliphatic heterocycles. The van der Waals surface area contributed by atoms with E-state index >= 15 is 0 Å². The number of hydrogen-bond donors (Lipinski definition) is 2. The van der Waals surface area contributed by atoms with E-state index in [1.165, 1.54) is 0 Å². The van der Waals surface area contributed by atoms with Gasteiger partial charge in [0.05, 0.1) is 13.2 Å². The molecular formula is C32H60N2O6. The lowest BCUT2D eigenvalue weighted by molar-refractivity contribution is -0.149. The summed E-state index contributed by atoms with van der Waals surface area (Å²) in [6, 6.07) is -0.972. The van der Waals surface area contributed by atoms with E-state index < -0.39 is 12.0 Å². The number of nitrogens with one attached hydrogen (secondary N) is 2. The Kier molecular flexibility index (Phi) is 18.3. The second-order valence-electron chi connectivity index (χ2n) is 14.0. The summed E-state index contributed by atoms with van der Waals surface area (Å²) in [5.41, 5.74) is -0.526. The molecule has 0 bridgehead atoms. The fraction of sp³-hybridized carbons (Fsp3) is 0.875. The molecule has 0 saturated carbocycles. The normalized spacial score (nSPS) is 13.7. The predicted molar refractivity (Wildman–Crippen MR) is 161 cm³/mol. The number of ether oxygens (including phenoxy) is 2. The Balaban J connectivity index is 4.31. The molecule has 0 spiro atoms. The van der Waals surface area contributed by atoms with E-state index in [1.807, 2.05) is 55.4 Å². The maximum absolute atomic E-state index is 12.6. The van der Waals surface area contributed by atoms with Crippen LogP contribution in [0.2, 0.25) is 0 Å². The molecule has 0 aromatic rings. The number of Topliss-reactive ketones (excluding diaryl/α,β-unsaturated/α-hetero) is 1. The van der Waals surface area contributed by atoms with Crippen LogP contribution in [0.1, 0.15) is 133 Å². The lowest BCUT2D eigenvalue weighted by Crippen LogP contribution is -2.49. The lowest BCUT2D eigenvalue weighted by atomic mass is 9.88. The Morgan fingerprint density at radius 3 is 1.52 bits per heavy atom. The third-order valence-electron chi connectivity index (χ3n) is 6.35. The summed E-state index contributed by atoms with van der Waals surface area (Å²) in [6.07, 6.45) is 6.47. The average molecular weight is 569 g/mol. The van der Waals surface area contributed by atoms with Gasteiger partial charge in [0.25, 0.3) is 0 Å². The number of carbonyl (C=O) groups is 4. The maximum atomic E-state index is 12.6. The Morgan fingerprint density at radius 1 is 0.625 bits per heavy atom. The molecular weight excluding hydrogens is 508 g/mol. The third-order valence-corrected chi connectivity index (χ3v) is 6.35. The molecule has 0 rings (SSSR count). The van der Waals surface area contributed by atoms with Crippen LogP contribution in [-0.4, -0.2) is 54.5 Å². The molecule has 40 heavy (non-hydrogen) atoms. The van der Waals surface area contributed by atoms with Gasteiger partial charge >= 0.3 is 11.9 Å². The van der Waals surface area contributed by atoms with Gasteiger partial charge in [-0.1, -0.05) is 48.5 Å². The zero-order valence-corrected chi connectivity index (χ0v) is 27.2. The van der Waals surface area contributed by atoms with Crippen LogP contribution in [0.3, 0.4) is 0 Å². The number of unbranched alkanes of at least 4 members (excludes halogenated alkanes) is 4. The molecule has 0 saturated heterocycles. The zero-order chi connectivity index (χ0) is 30.9. The van der Waals surface area contributed by atoms with Gasteiger partial charge < -0.3 is 14.8 Å². The highest BCUT2D eigenvalue weighted by molar-refractivity contribution is 5.85. The van der Waals surface area contributed by atoms with Gasteiger partial charge in [0.2, 0.25) is 5.91 Å². The van der Waals surface area contributed by atoms with Crippen molar-refractivity contribution < 1.29 is 28.7 Å². The van der Waals surface area contributed by atoms with E-state index in [1.54, 1.807) is 0 Å². The van der Waals surface area contributed by atoms with E-state index in [0.717, 1.165) is 25.7 Å². The number of amides is 1. The maximum Gasteiger partial charge on any atom is 0.328 e. The second-order valence-corrected chi connectivity index (χ2v) is 14.0. The van der Waals surface area contributed by atoms with Crippen molar-refractivity contribution in [1.82, 2.24) is 10.6 Å². The molecule has 0 radical (unpaired) electrons. The minimum atomic E-state index is -0.663. The van der Waals surface area contributed by atoms with Crippen molar-refractivity contribution in [3.8, 4) is 0 Å². The van der Waals surface area contributed by atoms with Gasteiger partial charge in [0.15, 0.2) is 0 Å².